The molecule has 0 aliphatic heterocycles. The molecule has 1 amide bonds. The number of hydrogen-bond donors (Lipinski definition) is 1. The summed E-state index contributed by atoms with van der Waals surface area (Å²) in [6.45, 7) is 6.65. The highest BCUT2D eigenvalue weighted by molar-refractivity contribution is 5.92. The molecule has 10 heteroatoms. The number of rotatable bonds is 7. The van der Waals surface area contributed by atoms with E-state index in [1.165, 1.54) is 19.1 Å². The van der Waals surface area contributed by atoms with Crippen molar-refractivity contribution in [3.63, 3.8) is 0 Å². The topological polar surface area (TPSA) is 82.5 Å². The number of amides is 1. The molecule has 1 aromatic carbocycles. The Bertz CT molecular complexity index is 903. The van der Waals surface area contributed by atoms with Crippen molar-refractivity contribution in [2.45, 2.75) is 52.4 Å². The number of esters is 1. The molecular weight excluding hydrogens is 415 g/mol. The monoisotopic (exact) mass is 441 g/mol. The maximum atomic E-state index is 13.9. The van der Waals surface area contributed by atoms with Gasteiger partial charge in [-0.15, -0.1) is 0 Å². The Labute approximate surface area is 178 Å². The zero-order valence-electron chi connectivity index (χ0n) is 17.9. The lowest BCUT2D eigenvalue weighted by Crippen LogP contribution is -2.33. The summed E-state index contributed by atoms with van der Waals surface area (Å²) >= 11 is 0. The van der Waals surface area contributed by atoms with Gasteiger partial charge < -0.3 is 14.8 Å². The van der Waals surface area contributed by atoms with Crippen LogP contribution < -0.4 is 5.32 Å². The first-order valence-corrected chi connectivity index (χ1v) is 9.81. The van der Waals surface area contributed by atoms with Crippen molar-refractivity contribution in [2.24, 2.45) is 0 Å². The average molecular weight is 441 g/mol. The minimum absolute atomic E-state index is 0.0418. The number of ether oxygens (including phenoxy) is 2. The first-order chi connectivity index (χ1) is 14.4. The fraction of sp³-hybridized carbons (Fsp3) is 0.476. The normalized spacial score (nSPS) is 11.8. The number of nitrogens with one attached hydrogen (secondary N) is 1. The van der Waals surface area contributed by atoms with Crippen LogP contribution in [0.5, 0.6) is 0 Å². The van der Waals surface area contributed by atoms with Gasteiger partial charge >= 0.3 is 18.2 Å². The van der Waals surface area contributed by atoms with E-state index in [0.717, 1.165) is 4.68 Å². The van der Waals surface area contributed by atoms with Gasteiger partial charge in [-0.05, 0) is 34.1 Å². The number of alkyl halides is 3. The molecule has 0 aliphatic rings. The van der Waals surface area contributed by atoms with Crippen molar-refractivity contribution >= 4 is 12.1 Å². The predicted molar refractivity (Wildman–Crippen MR) is 107 cm³/mol. The third-order valence-electron chi connectivity index (χ3n) is 3.97. The predicted octanol–water partition coefficient (Wildman–Crippen LogP) is 4.66. The quantitative estimate of drug-likeness (QED) is 0.499. The van der Waals surface area contributed by atoms with Crippen LogP contribution in [0.3, 0.4) is 0 Å². The summed E-state index contributed by atoms with van der Waals surface area (Å²) in [7, 11) is 0. The maximum absolute atomic E-state index is 13.9. The Morgan fingerprint density at radius 1 is 1.13 bits per heavy atom. The van der Waals surface area contributed by atoms with Gasteiger partial charge in [-0.3, -0.25) is 4.68 Å². The number of aromatic nitrogens is 2. The first-order valence-electron chi connectivity index (χ1n) is 9.81. The maximum Gasteiger partial charge on any atom is 0.420 e. The van der Waals surface area contributed by atoms with Gasteiger partial charge in [0.2, 0.25) is 0 Å². The van der Waals surface area contributed by atoms with Gasteiger partial charge in [0.25, 0.3) is 0 Å². The molecule has 7 nitrogen and oxygen atoms in total. The zero-order valence-corrected chi connectivity index (χ0v) is 17.9. The highest BCUT2D eigenvalue weighted by Crippen LogP contribution is 2.39. The second kappa shape index (κ2) is 9.84. The van der Waals surface area contributed by atoms with Crippen molar-refractivity contribution in [3.8, 4) is 11.3 Å². The van der Waals surface area contributed by atoms with E-state index in [0.29, 0.717) is 0 Å². The molecule has 0 spiro atoms. The van der Waals surface area contributed by atoms with E-state index in [-0.39, 0.29) is 37.4 Å². The molecule has 0 fully saturated rings. The van der Waals surface area contributed by atoms with Crippen LogP contribution in [0.1, 0.15) is 50.2 Å². The van der Waals surface area contributed by atoms with Crippen molar-refractivity contribution < 1.29 is 32.2 Å². The van der Waals surface area contributed by atoms with E-state index >= 15 is 0 Å². The Morgan fingerprint density at radius 3 is 2.32 bits per heavy atom. The Balaban J connectivity index is 2.32. The van der Waals surface area contributed by atoms with Crippen LogP contribution >= 0.6 is 0 Å². The third kappa shape index (κ3) is 6.73. The van der Waals surface area contributed by atoms with Crippen molar-refractivity contribution in [1.82, 2.24) is 15.1 Å². The molecule has 0 unspecified atom stereocenters. The number of hydrogen-bond acceptors (Lipinski definition) is 5. The van der Waals surface area contributed by atoms with E-state index in [1.807, 2.05) is 0 Å². The summed E-state index contributed by atoms with van der Waals surface area (Å²) < 4.78 is 52.7. The highest BCUT2D eigenvalue weighted by atomic mass is 19.4. The van der Waals surface area contributed by atoms with Crippen LogP contribution in [-0.2, 0) is 22.2 Å². The molecule has 0 radical (unpaired) electrons. The van der Waals surface area contributed by atoms with Gasteiger partial charge in [0.15, 0.2) is 5.69 Å². The molecule has 31 heavy (non-hydrogen) atoms. The Morgan fingerprint density at radius 2 is 1.77 bits per heavy atom. The van der Waals surface area contributed by atoms with Crippen LogP contribution in [0.2, 0.25) is 0 Å². The van der Waals surface area contributed by atoms with E-state index in [2.05, 4.69) is 10.4 Å². The van der Waals surface area contributed by atoms with Crippen molar-refractivity contribution in [3.05, 3.63) is 41.6 Å². The third-order valence-corrected chi connectivity index (χ3v) is 3.97. The van der Waals surface area contributed by atoms with E-state index in [9.17, 15) is 22.8 Å². The Hall–Kier alpha value is -3.04. The van der Waals surface area contributed by atoms with Gasteiger partial charge in [-0.25, -0.2) is 9.59 Å². The van der Waals surface area contributed by atoms with Crippen molar-refractivity contribution in [1.29, 1.82) is 0 Å². The molecule has 0 bridgehead atoms. The van der Waals surface area contributed by atoms with Crippen molar-refractivity contribution in [2.75, 3.05) is 13.2 Å². The summed E-state index contributed by atoms with van der Waals surface area (Å²) in [6.07, 6.45) is -5.24. The number of carbonyl (C=O) groups excluding carboxylic acids is 2. The number of alkyl carbamates (subject to hydrolysis) is 1. The molecule has 1 aromatic heterocycles. The molecule has 2 rings (SSSR count). The first kappa shape index (κ1) is 24.2. The van der Waals surface area contributed by atoms with Gasteiger partial charge in [0, 0.05) is 18.7 Å². The lowest BCUT2D eigenvalue weighted by molar-refractivity contribution is -0.137. The SMILES string of the molecule is CCOC(=O)c1c(C(F)(F)F)c(-c2ccccc2)nn1CCCNC(=O)OC(C)(C)C. The fourth-order valence-corrected chi connectivity index (χ4v) is 2.83. The largest absolute Gasteiger partial charge is 0.461 e. The lowest BCUT2D eigenvalue weighted by Gasteiger charge is -2.19. The molecule has 170 valence electrons. The second-order valence-corrected chi connectivity index (χ2v) is 7.66. The van der Waals surface area contributed by atoms with E-state index in [4.69, 9.17) is 9.47 Å². The minimum Gasteiger partial charge on any atom is -0.461 e. The average Bonchev–Trinajstić information content (AvgIpc) is 3.05. The standard InChI is InChI=1S/C21H26F3N3O4/c1-5-30-18(28)17-15(21(22,23)24)16(14-10-7-6-8-11-14)26-27(17)13-9-12-25-19(29)31-20(2,3)4/h6-8,10-11H,5,9,12-13H2,1-4H3,(H,25,29). The molecular formula is C21H26F3N3O4. The molecule has 1 N–H and O–H groups in total. The summed E-state index contributed by atoms with van der Waals surface area (Å²) in [5.74, 6) is -1.11. The fourth-order valence-electron chi connectivity index (χ4n) is 2.83. The van der Waals surface area contributed by atoms with Gasteiger partial charge in [0.1, 0.15) is 16.9 Å². The number of halogens is 3. The molecule has 0 atom stereocenters. The van der Waals surface area contributed by atoms with Crippen LogP contribution in [0.25, 0.3) is 11.3 Å². The summed E-state index contributed by atoms with van der Waals surface area (Å²) in [6, 6.07) is 7.82. The van der Waals surface area contributed by atoms with Gasteiger partial charge in [-0.1, -0.05) is 30.3 Å². The molecule has 0 aliphatic carbocycles. The second-order valence-electron chi connectivity index (χ2n) is 7.66. The van der Waals surface area contributed by atoms with Crippen LogP contribution in [0.4, 0.5) is 18.0 Å². The summed E-state index contributed by atoms with van der Waals surface area (Å²) in [4.78, 5) is 24.1. The molecule has 0 saturated heterocycles. The lowest BCUT2D eigenvalue weighted by atomic mass is 10.1. The van der Waals surface area contributed by atoms with E-state index in [1.54, 1.807) is 39.0 Å². The molecule has 1 heterocycles. The molecule has 0 saturated carbocycles. The number of benzene rings is 1. The van der Waals surface area contributed by atoms with Crippen LogP contribution in [0.15, 0.2) is 30.3 Å². The summed E-state index contributed by atoms with van der Waals surface area (Å²) in [5, 5.41) is 6.60. The number of nitrogens with zero attached hydrogens (tertiary/aromatic N) is 2. The Kier molecular flexibility index (Phi) is 7.70. The summed E-state index contributed by atoms with van der Waals surface area (Å²) in [5.41, 5.74) is -2.60. The highest BCUT2D eigenvalue weighted by Gasteiger charge is 2.43. The van der Waals surface area contributed by atoms with Gasteiger partial charge in [0.05, 0.1) is 6.61 Å². The minimum atomic E-state index is -4.82. The molecule has 2 aromatic rings. The number of carbonyl (C=O) groups is 2. The van der Waals surface area contributed by atoms with Gasteiger partial charge in [-0.2, -0.15) is 18.3 Å². The zero-order chi connectivity index (χ0) is 23.2. The van der Waals surface area contributed by atoms with Crippen LogP contribution in [-0.4, -0.2) is 40.6 Å². The number of aryl methyl sites for hydroxylation is 1. The smallest absolute Gasteiger partial charge is 0.420 e. The van der Waals surface area contributed by atoms with Crippen LogP contribution in [0, 0.1) is 0 Å². The van der Waals surface area contributed by atoms with E-state index < -0.39 is 35.1 Å².